The van der Waals surface area contributed by atoms with Gasteiger partial charge in [0.25, 0.3) is 0 Å². The van der Waals surface area contributed by atoms with Crippen LogP contribution in [0, 0.1) is 0 Å². The van der Waals surface area contributed by atoms with Gasteiger partial charge in [0.15, 0.2) is 0 Å². The predicted molar refractivity (Wildman–Crippen MR) is 60.4 cm³/mol. The van der Waals surface area contributed by atoms with Gasteiger partial charge in [-0.15, -0.1) is 12.4 Å². The van der Waals surface area contributed by atoms with Gasteiger partial charge in [0.1, 0.15) is 6.29 Å². The Hall–Kier alpha value is -1.61. The SMILES string of the molecule is Cl.O=Cc1ccc(Cn2cccn2)cc1. The molecule has 0 N–H and O–H groups in total. The van der Waals surface area contributed by atoms with Crippen molar-refractivity contribution in [3.63, 3.8) is 0 Å². The van der Waals surface area contributed by atoms with Crippen LogP contribution in [-0.4, -0.2) is 16.1 Å². The van der Waals surface area contributed by atoms with Gasteiger partial charge in [0, 0.05) is 18.0 Å². The fraction of sp³-hybridized carbons (Fsp3) is 0.0909. The molecule has 0 fully saturated rings. The third-order valence-corrected chi connectivity index (χ3v) is 2.02. The summed E-state index contributed by atoms with van der Waals surface area (Å²) in [6.07, 6.45) is 4.51. The van der Waals surface area contributed by atoms with Crippen LogP contribution in [0.3, 0.4) is 0 Å². The van der Waals surface area contributed by atoms with Crippen LogP contribution in [0.2, 0.25) is 0 Å². The Morgan fingerprint density at radius 1 is 1.27 bits per heavy atom. The van der Waals surface area contributed by atoms with Crippen LogP contribution in [0.15, 0.2) is 42.7 Å². The molecule has 78 valence electrons. The summed E-state index contributed by atoms with van der Waals surface area (Å²) in [5.41, 5.74) is 1.84. The fourth-order valence-electron chi connectivity index (χ4n) is 1.28. The molecule has 0 spiro atoms. The van der Waals surface area contributed by atoms with Crippen molar-refractivity contribution in [1.82, 2.24) is 9.78 Å². The van der Waals surface area contributed by atoms with E-state index in [2.05, 4.69) is 5.10 Å². The Balaban J connectivity index is 0.00000112. The number of rotatable bonds is 3. The number of hydrogen-bond acceptors (Lipinski definition) is 2. The van der Waals surface area contributed by atoms with Crippen LogP contribution < -0.4 is 0 Å². The van der Waals surface area contributed by atoms with E-state index in [9.17, 15) is 4.79 Å². The van der Waals surface area contributed by atoms with Gasteiger partial charge in [-0.2, -0.15) is 5.10 Å². The van der Waals surface area contributed by atoms with E-state index in [1.165, 1.54) is 0 Å². The van der Waals surface area contributed by atoms with E-state index in [4.69, 9.17) is 0 Å². The van der Waals surface area contributed by atoms with Crippen molar-refractivity contribution in [3.8, 4) is 0 Å². The first-order valence-electron chi connectivity index (χ1n) is 4.40. The van der Waals surface area contributed by atoms with Crippen LogP contribution in [0.1, 0.15) is 15.9 Å². The molecule has 0 bridgehead atoms. The largest absolute Gasteiger partial charge is 0.298 e. The Kier molecular flexibility index (Phi) is 4.06. The van der Waals surface area contributed by atoms with Gasteiger partial charge in [-0.25, -0.2) is 0 Å². The molecule has 0 aliphatic rings. The molecule has 0 radical (unpaired) electrons. The molecule has 0 amide bonds. The highest BCUT2D eigenvalue weighted by atomic mass is 35.5. The van der Waals surface area contributed by atoms with Crippen molar-refractivity contribution in [3.05, 3.63) is 53.9 Å². The lowest BCUT2D eigenvalue weighted by molar-refractivity contribution is 0.112. The summed E-state index contributed by atoms with van der Waals surface area (Å²) in [5.74, 6) is 0. The smallest absolute Gasteiger partial charge is 0.150 e. The first-order chi connectivity index (χ1) is 6.88. The van der Waals surface area contributed by atoms with E-state index in [-0.39, 0.29) is 12.4 Å². The van der Waals surface area contributed by atoms with Gasteiger partial charge in [0.05, 0.1) is 6.54 Å². The van der Waals surface area contributed by atoms with Gasteiger partial charge < -0.3 is 0 Å². The third-order valence-electron chi connectivity index (χ3n) is 2.02. The highest BCUT2D eigenvalue weighted by molar-refractivity contribution is 5.85. The number of hydrogen-bond donors (Lipinski definition) is 0. The number of benzene rings is 1. The second kappa shape index (κ2) is 5.32. The van der Waals surface area contributed by atoms with Gasteiger partial charge in [-0.05, 0) is 11.6 Å². The molecule has 3 nitrogen and oxygen atoms in total. The van der Waals surface area contributed by atoms with E-state index in [1.807, 2.05) is 41.2 Å². The zero-order valence-electron chi connectivity index (χ0n) is 8.04. The quantitative estimate of drug-likeness (QED) is 0.746. The van der Waals surface area contributed by atoms with Gasteiger partial charge >= 0.3 is 0 Å². The minimum absolute atomic E-state index is 0. The fourth-order valence-corrected chi connectivity index (χ4v) is 1.28. The zero-order chi connectivity index (χ0) is 9.80. The molecule has 1 heterocycles. The third kappa shape index (κ3) is 2.92. The molecule has 0 aliphatic heterocycles. The lowest BCUT2D eigenvalue weighted by atomic mass is 10.1. The maximum Gasteiger partial charge on any atom is 0.150 e. The summed E-state index contributed by atoms with van der Waals surface area (Å²) in [7, 11) is 0. The van der Waals surface area contributed by atoms with E-state index >= 15 is 0 Å². The lowest BCUT2D eigenvalue weighted by Crippen LogP contribution is -1.99. The Morgan fingerprint density at radius 3 is 2.53 bits per heavy atom. The zero-order valence-corrected chi connectivity index (χ0v) is 8.85. The Labute approximate surface area is 94.1 Å². The van der Waals surface area contributed by atoms with Crippen molar-refractivity contribution >= 4 is 18.7 Å². The van der Waals surface area contributed by atoms with E-state index < -0.39 is 0 Å². The minimum Gasteiger partial charge on any atom is -0.298 e. The molecule has 2 rings (SSSR count). The molecule has 0 atom stereocenters. The molecule has 1 aromatic heterocycles. The van der Waals surface area contributed by atoms with Gasteiger partial charge in [-0.1, -0.05) is 24.3 Å². The molecule has 4 heteroatoms. The summed E-state index contributed by atoms with van der Waals surface area (Å²) in [6, 6.07) is 9.38. The second-order valence-electron chi connectivity index (χ2n) is 3.06. The molecule has 15 heavy (non-hydrogen) atoms. The molecule has 0 saturated carbocycles. The Morgan fingerprint density at radius 2 is 2.00 bits per heavy atom. The summed E-state index contributed by atoms with van der Waals surface area (Å²) in [4.78, 5) is 10.4. The normalized spacial score (nSPS) is 9.33. The van der Waals surface area contributed by atoms with Gasteiger partial charge in [-0.3, -0.25) is 9.48 Å². The van der Waals surface area contributed by atoms with E-state index in [0.717, 1.165) is 18.4 Å². The Bertz CT molecular complexity index is 409. The maximum absolute atomic E-state index is 10.4. The van der Waals surface area contributed by atoms with Crippen LogP contribution >= 0.6 is 12.4 Å². The van der Waals surface area contributed by atoms with Crippen molar-refractivity contribution < 1.29 is 4.79 Å². The molecule has 2 aromatic rings. The number of carbonyl (C=O) groups excluding carboxylic acids is 1. The monoisotopic (exact) mass is 222 g/mol. The number of carbonyl (C=O) groups is 1. The van der Waals surface area contributed by atoms with E-state index in [1.54, 1.807) is 6.20 Å². The van der Waals surface area contributed by atoms with Crippen LogP contribution in [-0.2, 0) is 6.54 Å². The maximum atomic E-state index is 10.4. The molecule has 0 saturated heterocycles. The van der Waals surface area contributed by atoms with Crippen molar-refractivity contribution in [2.75, 3.05) is 0 Å². The molecular weight excluding hydrogens is 212 g/mol. The minimum atomic E-state index is 0. The number of aldehydes is 1. The van der Waals surface area contributed by atoms with Crippen molar-refractivity contribution in [1.29, 1.82) is 0 Å². The van der Waals surface area contributed by atoms with E-state index in [0.29, 0.717) is 5.56 Å². The summed E-state index contributed by atoms with van der Waals surface area (Å²) in [5, 5.41) is 4.10. The first-order valence-corrected chi connectivity index (χ1v) is 4.40. The first kappa shape index (κ1) is 11.5. The number of halogens is 1. The summed E-state index contributed by atoms with van der Waals surface area (Å²) >= 11 is 0. The summed E-state index contributed by atoms with van der Waals surface area (Å²) in [6.45, 7) is 0.742. The van der Waals surface area contributed by atoms with Crippen molar-refractivity contribution in [2.45, 2.75) is 6.54 Å². The molecular formula is C11H11ClN2O. The average Bonchev–Trinajstić information content (AvgIpc) is 2.72. The number of nitrogens with zero attached hydrogens (tertiary/aromatic N) is 2. The van der Waals surface area contributed by atoms with Crippen LogP contribution in [0.25, 0.3) is 0 Å². The molecule has 0 unspecified atom stereocenters. The molecule has 0 aliphatic carbocycles. The van der Waals surface area contributed by atoms with Crippen molar-refractivity contribution in [2.24, 2.45) is 0 Å². The molecule has 1 aromatic carbocycles. The van der Waals surface area contributed by atoms with Gasteiger partial charge in [0.2, 0.25) is 0 Å². The topological polar surface area (TPSA) is 34.9 Å². The average molecular weight is 223 g/mol. The van der Waals surface area contributed by atoms with Crippen LogP contribution in [0.4, 0.5) is 0 Å². The number of aromatic nitrogens is 2. The van der Waals surface area contributed by atoms with Crippen LogP contribution in [0.5, 0.6) is 0 Å². The predicted octanol–water partition coefficient (Wildman–Crippen LogP) is 2.17. The standard InChI is InChI=1S/C11H10N2O.ClH/c14-9-11-4-2-10(3-5-11)8-13-7-1-6-12-13;/h1-7,9H,8H2;1H. The second-order valence-corrected chi connectivity index (χ2v) is 3.06. The highest BCUT2D eigenvalue weighted by Gasteiger charge is 1.95. The highest BCUT2D eigenvalue weighted by Crippen LogP contribution is 2.04. The summed E-state index contributed by atoms with van der Waals surface area (Å²) < 4.78 is 1.84. The lowest BCUT2D eigenvalue weighted by Gasteiger charge is -2.01.